The van der Waals surface area contributed by atoms with Gasteiger partial charge in [0.15, 0.2) is 0 Å². The van der Waals surface area contributed by atoms with Gasteiger partial charge in [-0.25, -0.2) is 15.2 Å². The van der Waals surface area contributed by atoms with Gasteiger partial charge in [0, 0.05) is 24.4 Å². The first-order chi connectivity index (χ1) is 9.99. The lowest BCUT2D eigenvalue weighted by Crippen LogP contribution is -2.27. The fourth-order valence-corrected chi connectivity index (χ4v) is 2.00. The summed E-state index contributed by atoms with van der Waals surface area (Å²) < 4.78 is 19.6. The maximum Gasteiger partial charge on any atom is 0.213 e. The lowest BCUT2D eigenvalue weighted by molar-refractivity contribution is 0.287. The van der Waals surface area contributed by atoms with E-state index < -0.39 is 0 Å². The van der Waals surface area contributed by atoms with E-state index in [1.807, 2.05) is 12.1 Å². The number of hydrazine groups is 1. The second-order valence-corrected chi connectivity index (χ2v) is 5.19. The van der Waals surface area contributed by atoms with Crippen LogP contribution in [-0.2, 0) is 6.61 Å². The number of hydrogen-bond acceptors (Lipinski definition) is 4. The second kappa shape index (κ2) is 6.54. The highest BCUT2D eigenvalue weighted by molar-refractivity contribution is 5.52. The zero-order valence-corrected chi connectivity index (χ0v) is 12.5. The lowest BCUT2D eigenvalue weighted by atomic mass is 10.1. The van der Waals surface area contributed by atoms with Crippen LogP contribution in [0.3, 0.4) is 0 Å². The van der Waals surface area contributed by atoms with Gasteiger partial charge in [0.25, 0.3) is 0 Å². The SMILES string of the molecule is CC(C)c1cccc(OCc2c(F)cccc2N(C)N)n1. The van der Waals surface area contributed by atoms with Crippen molar-refractivity contribution in [2.75, 3.05) is 12.1 Å². The van der Waals surface area contributed by atoms with E-state index in [0.29, 0.717) is 23.0 Å². The Balaban J connectivity index is 2.19. The Morgan fingerprint density at radius 2 is 1.95 bits per heavy atom. The second-order valence-electron chi connectivity index (χ2n) is 5.19. The van der Waals surface area contributed by atoms with E-state index in [1.165, 1.54) is 11.1 Å². The molecule has 112 valence electrons. The van der Waals surface area contributed by atoms with Gasteiger partial charge in [0.2, 0.25) is 5.88 Å². The van der Waals surface area contributed by atoms with Crippen molar-refractivity contribution in [1.29, 1.82) is 0 Å². The first kappa shape index (κ1) is 15.3. The highest BCUT2D eigenvalue weighted by atomic mass is 19.1. The Hall–Kier alpha value is -2.14. The average molecular weight is 289 g/mol. The molecule has 1 aromatic heterocycles. The zero-order valence-electron chi connectivity index (χ0n) is 12.5. The lowest BCUT2D eigenvalue weighted by Gasteiger charge is -2.17. The summed E-state index contributed by atoms with van der Waals surface area (Å²) in [6.07, 6.45) is 0. The summed E-state index contributed by atoms with van der Waals surface area (Å²) in [6.45, 7) is 4.20. The predicted molar refractivity (Wildman–Crippen MR) is 81.6 cm³/mol. The number of aromatic nitrogens is 1. The van der Waals surface area contributed by atoms with E-state index in [4.69, 9.17) is 10.6 Å². The van der Waals surface area contributed by atoms with Crippen LogP contribution >= 0.6 is 0 Å². The largest absolute Gasteiger partial charge is 0.473 e. The van der Waals surface area contributed by atoms with Gasteiger partial charge in [-0.15, -0.1) is 0 Å². The highest BCUT2D eigenvalue weighted by Gasteiger charge is 2.12. The van der Waals surface area contributed by atoms with Gasteiger partial charge in [-0.1, -0.05) is 26.0 Å². The van der Waals surface area contributed by atoms with Crippen molar-refractivity contribution < 1.29 is 9.13 Å². The molecule has 0 bridgehead atoms. The van der Waals surface area contributed by atoms with Crippen LogP contribution in [0.15, 0.2) is 36.4 Å². The van der Waals surface area contributed by atoms with Crippen molar-refractivity contribution in [2.45, 2.75) is 26.4 Å². The van der Waals surface area contributed by atoms with E-state index in [1.54, 1.807) is 25.2 Å². The molecule has 0 saturated heterocycles. The van der Waals surface area contributed by atoms with Gasteiger partial charge in [0.1, 0.15) is 12.4 Å². The number of nitrogens with zero attached hydrogens (tertiary/aromatic N) is 2. The minimum Gasteiger partial charge on any atom is -0.473 e. The molecule has 0 unspecified atom stereocenters. The number of pyridine rings is 1. The number of ether oxygens (including phenoxy) is 1. The molecule has 21 heavy (non-hydrogen) atoms. The molecule has 0 amide bonds. The minimum atomic E-state index is -0.343. The fourth-order valence-electron chi connectivity index (χ4n) is 2.00. The summed E-state index contributed by atoms with van der Waals surface area (Å²) in [5.74, 6) is 6.16. The Bertz CT molecular complexity index is 614. The average Bonchev–Trinajstić information content (AvgIpc) is 2.46. The van der Waals surface area contributed by atoms with Crippen molar-refractivity contribution in [1.82, 2.24) is 4.98 Å². The molecule has 4 nitrogen and oxygen atoms in total. The van der Waals surface area contributed by atoms with Crippen LogP contribution < -0.4 is 15.6 Å². The summed E-state index contributed by atoms with van der Waals surface area (Å²) >= 11 is 0. The molecule has 0 radical (unpaired) electrons. The van der Waals surface area contributed by atoms with E-state index >= 15 is 0 Å². The maximum atomic E-state index is 13.9. The number of halogens is 1. The van der Waals surface area contributed by atoms with Crippen LogP contribution in [0.4, 0.5) is 10.1 Å². The van der Waals surface area contributed by atoms with Crippen LogP contribution in [0.2, 0.25) is 0 Å². The fraction of sp³-hybridized carbons (Fsp3) is 0.312. The summed E-state index contributed by atoms with van der Waals surface area (Å²) in [4.78, 5) is 4.40. The van der Waals surface area contributed by atoms with Crippen LogP contribution in [-0.4, -0.2) is 12.0 Å². The monoisotopic (exact) mass is 289 g/mol. The minimum absolute atomic E-state index is 0.0814. The van der Waals surface area contributed by atoms with Crippen LogP contribution in [0.1, 0.15) is 31.0 Å². The molecule has 0 aliphatic carbocycles. The van der Waals surface area contributed by atoms with Gasteiger partial charge < -0.3 is 9.75 Å². The molecular weight excluding hydrogens is 269 g/mol. The predicted octanol–water partition coefficient (Wildman–Crippen LogP) is 3.23. The van der Waals surface area contributed by atoms with Gasteiger partial charge >= 0.3 is 0 Å². The first-order valence-electron chi connectivity index (χ1n) is 6.84. The van der Waals surface area contributed by atoms with Crippen molar-refractivity contribution in [3.63, 3.8) is 0 Å². The number of anilines is 1. The van der Waals surface area contributed by atoms with Crippen LogP contribution in [0.5, 0.6) is 5.88 Å². The molecular formula is C16H20FN3O. The topological polar surface area (TPSA) is 51.4 Å². The van der Waals surface area contributed by atoms with Crippen LogP contribution in [0.25, 0.3) is 0 Å². The highest BCUT2D eigenvalue weighted by Crippen LogP contribution is 2.23. The van der Waals surface area contributed by atoms with Gasteiger partial charge in [-0.3, -0.25) is 0 Å². The zero-order chi connectivity index (χ0) is 15.4. The van der Waals surface area contributed by atoms with Crippen molar-refractivity contribution in [3.05, 3.63) is 53.5 Å². The first-order valence-corrected chi connectivity index (χ1v) is 6.84. The molecule has 0 fully saturated rings. The Kier molecular flexibility index (Phi) is 4.75. The van der Waals surface area contributed by atoms with Gasteiger partial charge in [-0.2, -0.15) is 0 Å². The quantitative estimate of drug-likeness (QED) is 0.678. The molecule has 2 N–H and O–H groups in total. The molecule has 0 atom stereocenters. The third kappa shape index (κ3) is 3.70. The summed E-state index contributed by atoms with van der Waals surface area (Å²) in [5.41, 5.74) is 1.95. The van der Waals surface area contributed by atoms with Gasteiger partial charge in [-0.05, 0) is 24.1 Å². The molecule has 2 aromatic rings. The van der Waals surface area contributed by atoms with Crippen molar-refractivity contribution in [2.24, 2.45) is 5.84 Å². The molecule has 1 aromatic carbocycles. The van der Waals surface area contributed by atoms with Crippen molar-refractivity contribution in [3.8, 4) is 5.88 Å². The van der Waals surface area contributed by atoms with E-state index in [2.05, 4.69) is 18.8 Å². The number of rotatable bonds is 5. The third-order valence-electron chi connectivity index (χ3n) is 3.18. The molecule has 0 aliphatic heterocycles. The van der Waals surface area contributed by atoms with E-state index in [-0.39, 0.29) is 12.4 Å². The smallest absolute Gasteiger partial charge is 0.213 e. The molecule has 0 saturated carbocycles. The number of nitrogens with two attached hydrogens (primary N) is 1. The van der Waals surface area contributed by atoms with Crippen LogP contribution in [0, 0.1) is 5.82 Å². The third-order valence-corrected chi connectivity index (χ3v) is 3.18. The molecule has 0 aliphatic rings. The maximum absolute atomic E-state index is 13.9. The normalized spacial score (nSPS) is 10.8. The number of benzene rings is 1. The van der Waals surface area contributed by atoms with Gasteiger partial charge in [0.05, 0.1) is 5.69 Å². The molecule has 0 spiro atoms. The summed E-state index contributed by atoms with van der Waals surface area (Å²) in [6, 6.07) is 10.4. The summed E-state index contributed by atoms with van der Waals surface area (Å²) in [7, 11) is 1.66. The molecule has 2 rings (SSSR count). The standard InChI is InChI=1S/C16H20FN3O/c1-11(2)14-7-5-9-16(19-14)21-10-12-13(17)6-4-8-15(12)20(3)18/h4-9,11H,10,18H2,1-3H3. The number of hydrogen-bond donors (Lipinski definition) is 1. The molecule has 1 heterocycles. The van der Waals surface area contributed by atoms with E-state index in [9.17, 15) is 4.39 Å². The Morgan fingerprint density at radius 1 is 1.24 bits per heavy atom. The Morgan fingerprint density at radius 3 is 2.62 bits per heavy atom. The molecule has 5 heteroatoms. The summed E-state index contributed by atoms with van der Waals surface area (Å²) in [5, 5.41) is 1.37. The Labute approximate surface area is 124 Å². The van der Waals surface area contributed by atoms with Crippen molar-refractivity contribution >= 4 is 5.69 Å². The van der Waals surface area contributed by atoms with E-state index in [0.717, 1.165) is 5.69 Å².